The molecule has 44 heavy (non-hydrogen) atoms. The van der Waals surface area contributed by atoms with Gasteiger partial charge in [-0.05, 0) is 80.9 Å². The van der Waals surface area contributed by atoms with Crippen LogP contribution in [-0.2, 0) is 19.2 Å². The molecule has 4 amide bonds. The maximum absolute atomic E-state index is 13.8. The van der Waals surface area contributed by atoms with E-state index in [2.05, 4.69) is 41.3 Å². The average Bonchev–Trinajstić information content (AvgIpc) is 3.04. The van der Waals surface area contributed by atoms with Gasteiger partial charge in [-0.25, -0.2) is 5.43 Å². The van der Waals surface area contributed by atoms with Crippen LogP contribution in [0.1, 0.15) is 96.7 Å². The number of likely N-dealkylation sites (tertiary alicyclic amines) is 1. The van der Waals surface area contributed by atoms with Crippen molar-refractivity contribution < 1.29 is 19.2 Å². The molecule has 2 unspecified atom stereocenters. The molecule has 2 aliphatic heterocycles. The molecule has 2 fully saturated rings. The van der Waals surface area contributed by atoms with Crippen molar-refractivity contribution in [2.45, 2.75) is 104 Å². The van der Waals surface area contributed by atoms with Crippen molar-refractivity contribution in [3.05, 3.63) is 54.6 Å². The number of carbonyl (C=O) groups excluding carboxylic acids is 4. The van der Waals surface area contributed by atoms with Crippen LogP contribution in [0.5, 0.6) is 0 Å². The molecular weight excluding hydrogens is 554 g/mol. The zero-order valence-electron chi connectivity index (χ0n) is 27.3. The SMILES string of the molecule is C=CCCC(C)[C@@H](C)C(=O)N[C@H](C(=O)N[C@@H](C)C(=O)N1CCC[C@@H](C(=O)N2CCCCC2c2cccc(C=C)c2)N1)C(C)C. The zero-order valence-corrected chi connectivity index (χ0v) is 27.3. The highest BCUT2D eigenvalue weighted by atomic mass is 16.2. The number of hydrogen-bond donors (Lipinski definition) is 3. The summed E-state index contributed by atoms with van der Waals surface area (Å²) >= 11 is 0. The Labute approximate surface area is 263 Å². The molecule has 3 N–H and O–H groups in total. The molecule has 3 rings (SSSR count). The lowest BCUT2D eigenvalue weighted by Crippen LogP contribution is -2.62. The molecule has 1 aromatic rings. The van der Waals surface area contributed by atoms with Crippen molar-refractivity contribution in [1.82, 2.24) is 26.0 Å². The lowest BCUT2D eigenvalue weighted by atomic mass is 9.90. The number of benzene rings is 1. The van der Waals surface area contributed by atoms with Gasteiger partial charge in [-0.2, -0.15) is 0 Å². The molecular formula is C35H53N5O4. The highest BCUT2D eigenvalue weighted by molar-refractivity contribution is 5.92. The van der Waals surface area contributed by atoms with Gasteiger partial charge in [0.05, 0.1) is 6.04 Å². The summed E-state index contributed by atoms with van der Waals surface area (Å²) in [7, 11) is 0. The van der Waals surface area contributed by atoms with Crippen molar-refractivity contribution in [1.29, 1.82) is 0 Å². The number of nitrogens with zero attached hydrogens (tertiary/aromatic N) is 2. The van der Waals surface area contributed by atoms with E-state index >= 15 is 0 Å². The Morgan fingerprint density at radius 2 is 1.73 bits per heavy atom. The van der Waals surface area contributed by atoms with Crippen molar-refractivity contribution in [2.75, 3.05) is 13.1 Å². The molecule has 6 atom stereocenters. The summed E-state index contributed by atoms with van der Waals surface area (Å²) in [4.78, 5) is 55.5. The normalized spacial score (nSPS) is 21.5. The summed E-state index contributed by atoms with van der Waals surface area (Å²) in [5.74, 6) is -1.19. The topological polar surface area (TPSA) is 111 Å². The first-order valence-electron chi connectivity index (χ1n) is 16.3. The Bertz CT molecular complexity index is 1180. The highest BCUT2D eigenvalue weighted by Crippen LogP contribution is 2.32. The Morgan fingerprint density at radius 3 is 2.41 bits per heavy atom. The van der Waals surface area contributed by atoms with Crippen molar-refractivity contribution >= 4 is 29.7 Å². The predicted molar refractivity (Wildman–Crippen MR) is 175 cm³/mol. The van der Waals surface area contributed by atoms with Crippen LogP contribution >= 0.6 is 0 Å². The van der Waals surface area contributed by atoms with Gasteiger partial charge in [0.25, 0.3) is 5.91 Å². The third-order valence-electron chi connectivity index (χ3n) is 9.14. The fourth-order valence-electron chi connectivity index (χ4n) is 6.07. The van der Waals surface area contributed by atoms with Crippen LogP contribution in [-0.4, -0.2) is 64.8 Å². The monoisotopic (exact) mass is 607 g/mol. The number of piperidine rings is 1. The van der Waals surface area contributed by atoms with Crippen LogP contribution in [0.2, 0.25) is 0 Å². The second kappa shape index (κ2) is 16.6. The molecule has 2 aliphatic rings. The van der Waals surface area contributed by atoms with Gasteiger partial charge < -0.3 is 15.5 Å². The predicted octanol–water partition coefficient (Wildman–Crippen LogP) is 4.76. The first kappa shape index (κ1) is 35.0. The van der Waals surface area contributed by atoms with Gasteiger partial charge in [-0.3, -0.25) is 24.2 Å². The van der Waals surface area contributed by atoms with Gasteiger partial charge in [0.2, 0.25) is 17.7 Å². The molecule has 0 spiro atoms. The number of hydrogen-bond acceptors (Lipinski definition) is 5. The third-order valence-corrected chi connectivity index (χ3v) is 9.14. The standard InChI is InChI=1S/C35H53N5O4/c1-8-10-15-24(5)25(6)32(41)37-31(23(3)4)33(42)36-26(7)34(43)40-21-14-18-29(38-40)35(44)39-20-12-11-19-30(39)28-17-13-16-27(9-2)22-28/h8-9,13,16-17,22-26,29-31,38H,1-2,10-12,14-15,18-21H2,3-7H3,(H,36,42)(H,37,41)/t24?,25-,26+,29+,30?,31+/m1/s1. The van der Waals surface area contributed by atoms with Gasteiger partial charge in [0, 0.05) is 19.0 Å². The minimum atomic E-state index is -0.838. The first-order chi connectivity index (χ1) is 21.0. The van der Waals surface area contributed by atoms with Crippen LogP contribution in [0.3, 0.4) is 0 Å². The fourth-order valence-corrected chi connectivity index (χ4v) is 6.07. The number of hydrazine groups is 1. The van der Waals surface area contributed by atoms with Gasteiger partial charge >= 0.3 is 0 Å². The molecule has 1 aromatic carbocycles. The molecule has 9 nitrogen and oxygen atoms in total. The molecule has 0 aromatic heterocycles. The molecule has 9 heteroatoms. The molecule has 2 saturated heterocycles. The third kappa shape index (κ3) is 9.03. The number of carbonyl (C=O) groups is 4. The second-order valence-corrected chi connectivity index (χ2v) is 12.8. The van der Waals surface area contributed by atoms with E-state index in [-0.39, 0.29) is 41.5 Å². The van der Waals surface area contributed by atoms with Gasteiger partial charge in [-0.15, -0.1) is 6.58 Å². The molecule has 0 saturated carbocycles. The summed E-state index contributed by atoms with van der Waals surface area (Å²) in [5, 5.41) is 7.19. The van der Waals surface area contributed by atoms with Gasteiger partial charge in [0.1, 0.15) is 18.1 Å². The van der Waals surface area contributed by atoms with E-state index in [4.69, 9.17) is 0 Å². The minimum Gasteiger partial charge on any atom is -0.344 e. The Hall–Kier alpha value is -3.46. The Morgan fingerprint density at radius 1 is 0.977 bits per heavy atom. The highest BCUT2D eigenvalue weighted by Gasteiger charge is 2.37. The summed E-state index contributed by atoms with van der Waals surface area (Å²) in [6.45, 7) is 18.0. The first-order valence-corrected chi connectivity index (χ1v) is 16.3. The van der Waals surface area contributed by atoms with Crippen molar-refractivity contribution in [3.63, 3.8) is 0 Å². The lowest BCUT2D eigenvalue weighted by molar-refractivity contribution is -0.147. The van der Waals surface area contributed by atoms with Gasteiger partial charge in [-0.1, -0.05) is 64.6 Å². The average molecular weight is 608 g/mol. The zero-order chi connectivity index (χ0) is 32.4. The maximum atomic E-state index is 13.8. The number of rotatable bonds is 13. The summed E-state index contributed by atoms with van der Waals surface area (Å²) < 4.78 is 0. The molecule has 242 valence electrons. The van der Waals surface area contributed by atoms with E-state index in [1.807, 2.05) is 56.9 Å². The van der Waals surface area contributed by atoms with E-state index in [9.17, 15) is 19.2 Å². The van der Waals surface area contributed by atoms with E-state index in [1.165, 1.54) is 5.01 Å². The van der Waals surface area contributed by atoms with Gasteiger partial charge in [0.15, 0.2) is 0 Å². The van der Waals surface area contributed by atoms with E-state index < -0.39 is 24.0 Å². The molecule has 0 aliphatic carbocycles. The Kier molecular flexibility index (Phi) is 13.2. The summed E-state index contributed by atoms with van der Waals surface area (Å²) in [5.41, 5.74) is 5.30. The summed E-state index contributed by atoms with van der Waals surface area (Å²) in [6.07, 6.45) is 9.52. The largest absolute Gasteiger partial charge is 0.344 e. The smallest absolute Gasteiger partial charge is 0.258 e. The minimum absolute atomic E-state index is 0.00748. The van der Waals surface area contributed by atoms with Crippen LogP contribution in [0.15, 0.2) is 43.5 Å². The lowest BCUT2D eigenvalue weighted by Gasteiger charge is -2.41. The Balaban J connectivity index is 1.62. The quantitative estimate of drug-likeness (QED) is 0.280. The van der Waals surface area contributed by atoms with Crippen LogP contribution in [0, 0.1) is 17.8 Å². The second-order valence-electron chi connectivity index (χ2n) is 12.8. The van der Waals surface area contributed by atoms with E-state index in [0.717, 1.165) is 43.2 Å². The maximum Gasteiger partial charge on any atom is 0.258 e. The molecule has 2 heterocycles. The fraction of sp³-hybridized carbons (Fsp3) is 0.600. The van der Waals surface area contributed by atoms with Crippen LogP contribution in [0.4, 0.5) is 0 Å². The van der Waals surface area contributed by atoms with E-state index in [1.54, 1.807) is 6.92 Å². The number of allylic oxidation sites excluding steroid dienone is 1. The number of amides is 4. The summed E-state index contributed by atoms with van der Waals surface area (Å²) in [6, 6.07) is 6.01. The molecule has 0 radical (unpaired) electrons. The van der Waals surface area contributed by atoms with Crippen molar-refractivity contribution in [2.24, 2.45) is 17.8 Å². The molecule has 0 bridgehead atoms. The van der Waals surface area contributed by atoms with Crippen molar-refractivity contribution in [3.8, 4) is 0 Å². The van der Waals surface area contributed by atoms with Crippen LogP contribution in [0.25, 0.3) is 6.08 Å². The number of nitrogens with one attached hydrogen (secondary N) is 3. The van der Waals surface area contributed by atoms with Crippen LogP contribution < -0.4 is 16.1 Å². The van der Waals surface area contributed by atoms with E-state index in [0.29, 0.717) is 25.9 Å².